The predicted molar refractivity (Wildman–Crippen MR) is 119 cm³/mol. The van der Waals surface area contributed by atoms with Crippen LogP contribution in [0.1, 0.15) is 12.8 Å². The van der Waals surface area contributed by atoms with Crippen LogP contribution in [-0.4, -0.2) is 46.3 Å². The lowest BCUT2D eigenvalue weighted by molar-refractivity contribution is -0.384. The number of non-ortho nitro benzene ring substituents is 1. The van der Waals surface area contributed by atoms with E-state index in [-0.39, 0.29) is 35.8 Å². The fraction of sp³-hybridized carbons (Fsp3) is 0.286. The molecule has 166 valence electrons. The maximum absolute atomic E-state index is 13.0. The maximum atomic E-state index is 13.0. The topological polar surface area (TPSA) is 117 Å². The van der Waals surface area contributed by atoms with Crippen LogP contribution in [0, 0.1) is 21.8 Å². The van der Waals surface area contributed by atoms with Gasteiger partial charge < -0.3 is 10.6 Å². The molecule has 2 aromatic carbocycles. The molecule has 1 fully saturated rings. The predicted octanol–water partition coefficient (Wildman–Crippen LogP) is 3.63. The van der Waals surface area contributed by atoms with Gasteiger partial charge in [0.2, 0.25) is 11.8 Å². The number of fused-ring (bicyclic) bond motifs is 1. The van der Waals surface area contributed by atoms with Gasteiger partial charge in [-0.2, -0.15) is 0 Å². The van der Waals surface area contributed by atoms with Crippen molar-refractivity contribution >= 4 is 49.9 Å². The molecule has 0 aliphatic carbocycles. The minimum absolute atomic E-state index is 0.0186. The minimum atomic E-state index is -0.467. The van der Waals surface area contributed by atoms with Crippen molar-refractivity contribution in [2.75, 3.05) is 30.3 Å². The van der Waals surface area contributed by atoms with E-state index in [1.54, 1.807) is 6.07 Å². The van der Waals surface area contributed by atoms with Crippen LogP contribution in [0.25, 0.3) is 10.2 Å². The number of benzene rings is 2. The molecule has 11 heteroatoms. The third-order valence-corrected chi connectivity index (χ3v) is 6.20. The van der Waals surface area contributed by atoms with Gasteiger partial charge >= 0.3 is 0 Å². The molecule has 0 saturated carbocycles. The zero-order valence-corrected chi connectivity index (χ0v) is 17.7. The second kappa shape index (κ2) is 9.37. The minimum Gasteiger partial charge on any atom is -0.325 e. The van der Waals surface area contributed by atoms with E-state index in [9.17, 15) is 24.1 Å². The van der Waals surface area contributed by atoms with Gasteiger partial charge in [0.05, 0.1) is 21.7 Å². The number of halogens is 1. The van der Waals surface area contributed by atoms with Crippen LogP contribution in [0.2, 0.25) is 0 Å². The zero-order valence-electron chi connectivity index (χ0n) is 16.9. The summed E-state index contributed by atoms with van der Waals surface area (Å²) in [6.45, 7) is 1.39. The fourth-order valence-electron chi connectivity index (χ4n) is 3.58. The summed E-state index contributed by atoms with van der Waals surface area (Å²) in [5.41, 5.74) is 1.11. The third kappa shape index (κ3) is 5.24. The Kier molecular flexibility index (Phi) is 6.37. The monoisotopic (exact) mass is 457 g/mol. The molecular weight excluding hydrogens is 437 g/mol. The van der Waals surface area contributed by atoms with Crippen molar-refractivity contribution in [3.05, 3.63) is 58.4 Å². The van der Waals surface area contributed by atoms with Gasteiger partial charge in [-0.15, -0.1) is 0 Å². The molecule has 0 unspecified atom stereocenters. The molecule has 3 aromatic rings. The fourth-order valence-corrected chi connectivity index (χ4v) is 4.48. The average Bonchev–Trinajstić information content (AvgIpc) is 3.17. The summed E-state index contributed by atoms with van der Waals surface area (Å²) in [5.74, 6) is -0.902. The molecule has 1 aliphatic rings. The molecule has 1 aromatic heterocycles. The van der Waals surface area contributed by atoms with Crippen LogP contribution in [-0.2, 0) is 9.59 Å². The van der Waals surface area contributed by atoms with E-state index >= 15 is 0 Å². The van der Waals surface area contributed by atoms with Gasteiger partial charge in [0.25, 0.3) is 5.69 Å². The van der Waals surface area contributed by atoms with Gasteiger partial charge in [-0.3, -0.25) is 24.6 Å². The van der Waals surface area contributed by atoms with E-state index in [1.807, 2.05) is 4.90 Å². The quantitative estimate of drug-likeness (QED) is 0.431. The molecule has 1 aliphatic heterocycles. The van der Waals surface area contributed by atoms with Crippen molar-refractivity contribution in [1.29, 1.82) is 0 Å². The summed E-state index contributed by atoms with van der Waals surface area (Å²) in [6, 6.07) is 9.97. The van der Waals surface area contributed by atoms with Gasteiger partial charge in [-0.25, -0.2) is 9.37 Å². The van der Waals surface area contributed by atoms with Crippen molar-refractivity contribution in [2.45, 2.75) is 12.8 Å². The Morgan fingerprint density at radius 1 is 1.16 bits per heavy atom. The highest BCUT2D eigenvalue weighted by Crippen LogP contribution is 2.30. The molecule has 2 amide bonds. The van der Waals surface area contributed by atoms with Crippen LogP contribution in [0.15, 0.2) is 42.5 Å². The number of likely N-dealkylation sites (tertiary alicyclic amines) is 1. The normalized spacial score (nSPS) is 14.9. The van der Waals surface area contributed by atoms with Gasteiger partial charge in [-0.05, 0) is 56.3 Å². The standard InChI is InChI=1S/C21H20FN5O4S/c22-14-1-3-15(4-2-14)23-19(28)12-26-9-7-13(8-10-26)20(29)25-21-24-17-6-5-16(27(30)31)11-18(17)32-21/h1-6,11,13H,7-10,12H2,(H,23,28)(H,24,25,29). The number of nitrogens with zero attached hydrogens (tertiary/aromatic N) is 3. The first kappa shape index (κ1) is 21.8. The Hall–Kier alpha value is -3.44. The zero-order chi connectivity index (χ0) is 22.7. The summed E-state index contributed by atoms with van der Waals surface area (Å²) in [4.78, 5) is 41.6. The number of carbonyl (C=O) groups excluding carboxylic acids is 2. The Balaban J connectivity index is 1.27. The number of rotatable bonds is 6. The van der Waals surface area contributed by atoms with Crippen LogP contribution < -0.4 is 10.6 Å². The Morgan fingerprint density at radius 3 is 2.56 bits per heavy atom. The molecular formula is C21H20FN5O4S. The van der Waals surface area contributed by atoms with Gasteiger partial charge in [0.1, 0.15) is 5.82 Å². The maximum Gasteiger partial charge on any atom is 0.270 e. The molecule has 0 bridgehead atoms. The molecule has 0 spiro atoms. The highest BCUT2D eigenvalue weighted by Gasteiger charge is 2.26. The molecule has 2 N–H and O–H groups in total. The van der Waals surface area contributed by atoms with E-state index in [1.165, 1.54) is 47.7 Å². The number of nitro benzene ring substituents is 1. The van der Waals surface area contributed by atoms with E-state index in [0.29, 0.717) is 47.0 Å². The summed E-state index contributed by atoms with van der Waals surface area (Å²) in [5, 5.41) is 16.9. The van der Waals surface area contributed by atoms with Crippen molar-refractivity contribution in [1.82, 2.24) is 9.88 Å². The van der Waals surface area contributed by atoms with Crippen LogP contribution in [0.5, 0.6) is 0 Å². The number of hydrogen-bond donors (Lipinski definition) is 2. The summed E-state index contributed by atoms with van der Waals surface area (Å²) in [7, 11) is 0. The molecule has 1 saturated heterocycles. The van der Waals surface area contributed by atoms with E-state index in [2.05, 4.69) is 15.6 Å². The van der Waals surface area contributed by atoms with Crippen molar-refractivity contribution in [3.63, 3.8) is 0 Å². The molecule has 32 heavy (non-hydrogen) atoms. The van der Waals surface area contributed by atoms with Crippen LogP contribution >= 0.6 is 11.3 Å². The molecule has 4 rings (SSSR count). The number of anilines is 2. The lowest BCUT2D eigenvalue weighted by atomic mass is 9.96. The second-order valence-corrected chi connectivity index (χ2v) is 8.55. The summed E-state index contributed by atoms with van der Waals surface area (Å²) in [6.07, 6.45) is 1.21. The Bertz CT molecular complexity index is 1160. The smallest absolute Gasteiger partial charge is 0.270 e. The van der Waals surface area contributed by atoms with E-state index in [0.717, 1.165) is 0 Å². The van der Waals surface area contributed by atoms with Crippen molar-refractivity contribution < 1.29 is 18.9 Å². The number of hydrogen-bond acceptors (Lipinski definition) is 7. The van der Waals surface area contributed by atoms with Gasteiger partial charge in [0.15, 0.2) is 5.13 Å². The average molecular weight is 457 g/mol. The first-order chi connectivity index (χ1) is 15.4. The number of thiazole rings is 1. The molecule has 0 atom stereocenters. The highest BCUT2D eigenvalue weighted by atomic mass is 32.1. The number of piperidine rings is 1. The highest BCUT2D eigenvalue weighted by molar-refractivity contribution is 7.22. The number of aromatic nitrogens is 1. The van der Waals surface area contributed by atoms with E-state index in [4.69, 9.17) is 0 Å². The van der Waals surface area contributed by atoms with E-state index < -0.39 is 4.92 Å². The van der Waals surface area contributed by atoms with Crippen molar-refractivity contribution in [3.8, 4) is 0 Å². The SMILES string of the molecule is O=C(CN1CCC(C(=O)Nc2nc3ccc([N+](=O)[O-])cc3s2)CC1)Nc1ccc(F)cc1. The number of nitro groups is 1. The molecule has 2 heterocycles. The number of nitrogens with one attached hydrogen (secondary N) is 2. The molecule has 9 nitrogen and oxygen atoms in total. The largest absolute Gasteiger partial charge is 0.325 e. The third-order valence-electron chi connectivity index (χ3n) is 5.27. The second-order valence-electron chi connectivity index (χ2n) is 7.52. The van der Waals surface area contributed by atoms with Crippen molar-refractivity contribution in [2.24, 2.45) is 5.92 Å². The van der Waals surface area contributed by atoms with Crippen LogP contribution in [0.3, 0.4) is 0 Å². The first-order valence-corrected chi connectivity index (χ1v) is 10.8. The summed E-state index contributed by atoms with van der Waals surface area (Å²) < 4.78 is 13.6. The van der Waals surface area contributed by atoms with Gasteiger partial charge in [0, 0.05) is 23.7 Å². The Morgan fingerprint density at radius 2 is 1.88 bits per heavy atom. The Labute approximate surface area is 186 Å². The van der Waals surface area contributed by atoms with Gasteiger partial charge in [-0.1, -0.05) is 11.3 Å². The number of carbonyl (C=O) groups is 2. The lowest BCUT2D eigenvalue weighted by Crippen LogP contribution is -2.41. The summed E-state index contributed by atoms with van der Waals surface area (Å²) >= 11 is 1.20. The van der Waals surface area contributed by atoms with Crippen LogP contribution in [0.4, 0.5) is 20.9 Å². The molecule has 0 radical (unpaired) electrons. The number of amides is 2. The lowest BCUT2D eigenvalue weighted by Gasteiger charge is -2.30. The first-order valence-electron chi connectivity index (χ1n) is 10.0.